The molecule has 0 saturated heterocycles. The molecule has 6 nitrogen and oxygen atoms in total. The van der Waals surface area contributed by atoms with E-state index in [1.54, 1.807) is 31.4 Å². The number of unbranched alkanes of at least 4 members (excludes halogenated alkanes) is 1. The summed E-state index contributed by atoms with van der Waals surface area (Å²) in [5, 5.41) is 10.8. The van der Waals surface area contributed by atoms with Gasteiger partial charge in [0.25, 0.3) is 5.69 Å². The van der Waals surface area contributed by atoms with E-state index in [0.29, 0.717) is 6.54 Å². The van der Waals surface area contributed by atoms with Crippen LogP contribution in [0.4, 0.5) is 5.69 Å². The van der Waals surface area contributed by atoms with Crippen molar-refractivity contribution in [1.29, 1.82) is 0 Å². The topological polar surface area (TPSA) is 70.2 Å². The van der Waals surface area contributed by atoms with Crippen molar-refractivity contribution in [2.24, 2.45) is 0 Å². The first-order chi connectivity index (χ1) is 13.1. The molecule has 0 spiro atoms. The van der Waals surface area contributed by atoms with Gasteiger partial charge in [-0.15, -0.1) is 0 Å². The molecule has 27 heavy (non-hydrogen) atoms. The fraction of sp³-hybridized carbons (Fsp3) is 0.286. The van der Waals surface area contributed by atoms with Gasteiger partial charge in [0.1, 0.15) is 5.75 Å². The summed E-state index contributed by atoms with van der Waals surface area (Å²) in [4.78, 5) is 15.1. The third-order valence-electron chi connectivity index (χ3n) is 4.58. The summed E-state index contributed by atoms with van der Waals surface area (Å²) in [5.74, 6) is 0.802. The van der Waals surface area contributed by atoms with Gasteiger partial charge in [0, 0.05) is 29.9 Å². The molecule has 1 heterocycles. The van der Waals surface area contributed by atoms with Crippen LogP contribution in [0.2, 0.25) is 0 Å². The van der Waals surface area contributed by atoms with Crippen LogP contribution >= 0.6 is 0 Å². The van der Waals surface area contributed by atoms with Crippen LogP contribution < -0.4 is 4.74 Å². The van der Waals surface area contributed by atoms with Crippen LogP contribution in [0.5, 0.6) is 5.75 Å². The molecule has 0 amide bonds. The number of nitro benzene ring substituents is 1. The number of hydrogen-bond donors (Lipinski definition) is 0. The van der Waals surface area contributed by atoms with Crippen molar-refractivity contribution < 1.29 is 9.66 Å². The first kappa shape index (κ1) is 18.6. The number of hydrogen-bond acceptors (Lipinski definition) is 4. The summed E-state index contributed by atoms with van der Waals surface area (Å²) < 4.78 is 7.63. The lowest BCUT2D eigenvalue weighted by molar-refractivity contribution is -0.384. The lowest BCUT2D eigenvalue weighted by Gasteiger charge is -2.12. The molecule has 140 valence electrons. The van der Waals surface area contributed by atoms with E-state index in [2.05, 4.69) is 16.5 Å². The first-order valence-corrected chi connectivity index (χ1v) is 9.04. The number of nitrogens with zero attached hydrogens (tertiary/aromatic N) is 3. The Hall–Kier alpha value is -3.15. The standard InChI is InChI=1S/C21H23N3O3/c1-3-4-8-19-21(18-7-5-6-9-20(18)27-2)22-15-23(19)14-16-10-12-17(13-11-16)24(25)26/h5-7,9-13,15H,3-4,8,14H2,1-2H3. The van der Waals surface area contributed by atoms with Gasteiger partial charge in [0.15, 0.2) is 0 Å². The Morgan fingerprint density at radius 3 is 2.56 bits per heavy atom. The number of nitro groups is 1. The zero-order chi connectivity index (χ0) is 19.2. The zero-order valence-corrected chi connectivity index (χ0v) is 15.6. The number of para-hydroxylation sites is 1. The van der Waals surface area contributed by atoms with Crippen molar-refractivity contribution >= 4 is 5.69 Å². The molecule has 0 radical (unpaired) electrons. The van der Waals surface area contributed by atoms with E-state index in [1.165, 1.54) is 0 Å². The predicted molar refractivity (Wildman–Crippen MR) is 105 cm³/mol. The van der Waals surface area contributed by atoms with E-state index in [1.807, 2.05) is 30.6 Å². The van der Waals surface area contributed by atoms with Crippen molar-refractivity contribution in [3.8, 4) is 17.0 Å². The van der Waals surface area contributed by atoms with Gasteiger partial charge in [-0.25, -0.2) is 4.98 Å². The predicted octanol–water partition coefficient (Wildman–Crippen LogP) is 4.86. The van der Waals surface area contributed by atoms with Gasteiger partial charge in [0.2, 0.25) is 0 Å². The maximum Gasteiger partial charge on any atom is 0.269 e. The molecule has 0 aliphatic heterocycles. The molecular weight excluding hydrogens is 342 g/mol. The number of non-ortho nitro benzene ring substituents is 1. The molecule has 2 aromatic carbocycles. The summed E-state index contributed by atoms with van der Waals surface area (Å²) in [7, 11) is 1.67. The van der Waals surface area contributed by atoms with Crippen LogP contribution in [0.25, 0.3) is 11.3 Å². The van der Waals surface area contributed by atoms with E-state index in [0.717, 1.165) is 47.5 Å². The van der Waals surface area contributed by atoms with E-state index >= 15 is 0 Å². The average Bonchev–Trinajstić information content (AvgIpc) is 3.08. The Bertz CT molecular complexity index is 917. The van der Waals surface area contributed by atoms with Gasteiger partial charge in [-0.2, -0.15) is 0 Å². The molecule has 0 atom stereocenters. The number of imidazole rings is 1. The molecular formula is C21H23N3O3. The third kappa shape index (κ3) is 4.16. The Labute approximate surface area is 158 Å². The van der Waals surface area contributed by atoms with Crippen molar-refractivity contribution in [3.05, 3.63) is 76.2 Å². The Morgan fingerprint density at radius 2 is 1.89 bits per heavy atom. The minimum atomic E-state index is -0.381. The fourth-order valence-corrected chi connectivity index (χ4v) is 3.14. The maximum absolute atomic E-state index is 10.8. The van der Waals surface area contributed by atoms with Crippen molar-refractivity contribution in [3.63, 3.8) is 0 Å². The van der Waals surface area contributed by atoms with Gasteiger partial charge < -0.3 is 9.30 Å². The summed E-state index contributed by atoms with van der Waals surface area (Å²) in [5.41, 5.74) is 4.17. The molecule has 0 bridgehead atoms. The van der Waals surface area contributed by atoms with Crippen molar-refractivity contribution in [2.75, 3.05) is 7.11 Å². The molecule has 6 heteroatoms. The average molecular weight is 365 g/mol. The number of methoxy groups -OCH3 is 1. The molecule has 0 unspecified atom stereocenters. The van der Waals surface area contributed by atoms with Crippen LogP contribution in [0.15, 0.2) is 54.9 Å². The zero-order valence-electron chi connectivity index (χ0n) is 15.6. The molecule has 1 aromatic heterocycles. The summed E-state index contributed by atoms with van der Waals surface area (Å²) >= 11 is 0. The highest BCUT2D eigenvalue weighted by molar-refractivity contribution is 5.69. The number of rotatable bonds is 8. The van der Waals surface area contributed by atoms with E-state index in [-0.39, 0.29) is 10.6 Å². The second kappa shape index (κ2) is 8.49. The van der Waals surface area contributed by atoms with Crippen LogP contribution in [0.1, 0.15) is 31.0 Å². The highest BCUT2D eigenvalue weighted by atomic mass is 16.6. The molecule has 0 N–H and O–H groups in total. The number of benzene rings is 2. The highest BCUT2D eigenvalue weighted by Crippen LogP contribution is 2.32. The SMILES string of the molecule is CCCCc1c(-c2ccccc2OC)ncn1Cc1ccc([N+](=O)[O-])cc1. The van der Waals surface area contributed by atoms with Crippen LogP contribution in [0, 0.1) is 10.1 Å². The molecule has 0 saturated carbocycles. The Kier molecular flexibility index (Phi) is 5.86. The first-order valence-electron chi connectivity index (χ1n) is 9.04. The molecule has 3 rings (SSSR count). The van der Waals surface area contributed by atoms with Crippen LogP contribution in [-0.2, 0) is 13.0 Å². The summed E-state index contributed by atoms with van der Waals surface area (Å²) in [6, 6.07) is 14.6. The van der Waals surface area contributed by atoms with Gasteiger partial charge in [-0.3, -0.25) is 10.1 Å². The lowest BCUT2D eigenvalue weighted by Crippen LogP contribution is -2.05. The molecule has 0 aliphatic carbocycles. The number of ether oxygens (including phenoxy) is 1. The summed E-state index contributed by atoms with van der Waals surface area (Å²) in [6.07, 6.45) is 4.91. The second-order valence-electron chi connectivity index (χ2n) is 6.40. The molecule has 3 aromatic rings. The van der Waals surface area contributed by atoms with E-state index < -0.39 is 0 Å². The number of aromatic nitrogens is 2. The van der Waals surface area contributed by atoms with E-state index in [4.69, 9.17) is 4.74 Å². The van der Waals surface area contributed by atoms with Gasteiger partial charge in [-0.05, 0) is 30.5 Å². The lowest BCUT2D eigenvalue weighted by atomic mass is 10.1. The summed E-state index contributed by atoms with van der Waals surface area (Å²) in [6.45, 7) is 2.79. The highest BCUT2D eigenvalue weighted by Gasteiger charge is 2.16. The Balaban J connectivity index is 1.95. The quantitative estimate of drug-likeness (QED) is 0.422. The largest absolute Gasteiger partial charge is 0.496 e. The molecule has 0 aliphatic rings. The van der Waals surface area contributed by atoms with Crippen molar-refractivity contribution in [1.82, 2.24) is 9.55 Å². The molecule has 0 fully saturated rings. The minimum Gasteiger partial charge on any atom is -0.496 e. The van der Waals surface area contributed by atoms with E-state index in [9.17, 15) is 10.1 Å². The van der Waals surface area contributed by atoms with Crippen molar-refractivity contribution in [2.45, 2.75) is 32.7 Å². The third-order valence-corrected chi connectivity index (χ3v) is 4.58. The van der Waals surface area contributed by atoms with Gasteiger partial charge in [0.05, 0.1) is 24.1 Å². The monoisotopic (exact) mass is 365 g/mol. The Morgan fingerprint density at radius 1 is 1.15 bits per heavy atom. The normalized spacial score (nSPS) is 10.7. The van der Waals surface area contributed by atoms with Crippen LogP contribution in [-0.4, -0.2) is 21.6 Å². The smallest absolute Gasteiger partial charge is 0.269 e. The fourth-order valence-electron chi connectivity index (χ4n) is 3.14. The second-order valence-corrected chi connectivity index (χ2v) is 6.40. The van der Waals surface area contributed by atoms with Gasteiger partial charge in [-0.1, -0.05) is 37.6 Å². The van der Waals surface area contributed by atoms with Gasteiger partial charge >= 0.3 is 0 Å². The maximum atomic E-state index is 10.8. The van der Waals surface area contributed by atoms with Crippen LogP contribution in [0.3, 0.4) is 0 Å². The minimum absolute atomic E-state index is 0.102.